The van der Waals surface area contributed by atoms with Gasteiger partial charge in [-0.1, -0.05) is 19.1 Å². The molecule has 0 spiro atoms. The summed E-state index contributed by atoms with van der Waals surface area (Å²) in [6.07, 6.45) is 3.66. The quantitative estimate of drug-likeness (QED) is 0.870. The van der Waals surface area contributed by atoms with Gasteiger partial charge in [-0.2, -0.15) is 0 Å². The average Bonchev–Trinajstić information content (AvgIpc) is 3.14. The van der Waals surface area contributed by atoms with Gasteiger partial charge < -0.3 is 14.6 Å². The third kappa shape index (κ3) is 3.82. The van der Waals surface area contributed by atoms with E-state index in [1.807, 2.05) is 24.3 Å². The smallest absolute Gasteiger partial charge is 0.180 e. The third-order valence-corrected chi connectivity index (χ3v) is 6.34. The molecule has 0 atom stereocenters. The van der Waals surface area contributed by atoms with Crippen LogP contribution in [0.5, 0.6) is 0 Å². The van der Waals surface area contributed by atoms with Gasteiger partial charge in [0.1, 0.15) is 5.76 Å². The van der Waals surface area contributed by atoms with Gasteiger partial charge in [-0.3, -0.25) is 0 Å². The third-order valence-electron chi connectivity index (χ3n) is 4.56. The Kier molecular flexibility index (Phi) is 5.26. The largest absolute Gasteiger partial charge is 0.468 e. The first-order chi connectivity index (χ1) is 11.6. The van der Waals surface area contributed by atoms with Crippen molar-refractivity contribution in [3.8, 4) is 0 Å². The summed E-state index contributed by atoms with van der Waals surface area (Å²) in [5, 5.41) is 3.51. The molecule has 1 saturated heterocycles. The number of nitrogens with one attached hydrogen (secondary N) is 1. The number of hydrogen-bond acceptors (Lipinski definition) is 5. The molecule has 1 aliphatic heterocycles. The van der Waals surface area contributed by atoms with Gasteiger partial charge in [0, 0.05) is 19.1 Å². The number of anilines is 1. The Morgan fingerprint density at radius 3 is 2.58 bits per heavy atom. The number of benzene rings is 1. The summed E-state index contributed by atoms with van der Waals surface area (Å²) in [6.45, 7) is 4.13. The fourth-order valence-electron chi connectivity index (χ4n) is 3.12. The highest BCUT2D eigenvalue weighted by Gasteiger charge is 2.24. The topological polar surface area (TPSA) is 62.6 Å². The van der Waals surface area contributed by atoms with Gasteiger partial charge in [0.15, 0.2) is 9.84 Å². The predicted molar refractivity (Wildman–Crippen MR) is 95.0 cm³/mol. The van der Waals surface area contributed by atoms with Gasteiger partial charge >= 0.3 is 0 Å². The van der Waals surface area contributed by atoms with E-state index in [0.29, 0.717) is 10.9 Å². The maximum atomic E-state index is 12.3. The Hall–Kier alpha value is -1.79. The molecule has 0 aliphatic carbocycles. The monoisotopic (exact) mass is 348 g/mol. The van der Waals surface area contributed by atoms with Crippen LogP contribution in [-0.2, 0) is 16.4 Å². The molecule has 2 aromatic rings. The van der Waals surface area contributed by atoms with Crippen molar-refractivity contribution in [3.63, 3.8) is 0 Å². The lowest BCUT2D eigenvalue weighted by molar-refractivity contribution is 0.388. The van der Waals surface area contributed by atoms with E-state index >= 15 is 0 Å². The summed E-state index contributed by atoms with van der Waals surface area (Å²) in [4.78, 5) is 2.64. The van der Waals surface area contributed by atoms with Crippen molar-refractivity contribution in [1.29, 1.82) is 0 Å². The van der Waals surface area contributed by atoms with E-state index in [0.717, 1.165) is 43.9 Å². The van der Waals surface area contributed by atoms with Crippen molar-refractivity contribution in [2.75, 3.05) is 23.7 Å². The molecule has 24 heavy (non-hydrogen) atoms. The zero-order valence-electron chi connectivity index (χ0n) is 13.9. The molecule has 3 rings (SSSR count). The van der Waals surface area contributed by atoms with E-state index in [1.165, 1.54) is 0 Å². The molecule has 130 valence electrons. The first kappa shape index (κ1) is 17.0. The van der Waals surface area contributed by atoms with Crippen molar-refractivity contribution in [3.05, 3.63) is 48.4 Å². The molecule has 0 unspecified atom stereocenters. The number of para-hydroxylation sites is 1. The Morgan fingerprint density at radius 2 is 1.92 bits per heavy atom. The van der Waals surface area contributed by atoms with Crippen molar-refractivity contribution in [1.82, 2.24) is 5.32 Å². The molecule has 1 fully saturated rings. The molecule has 5 nitrogen and oxygen atoms in total. The molecular weight excluding hydrogens is 324 g/mol. The first-order valence-corrected chi connectivity index (χ1v) is 10.1. The summed E-state index contributed by atoms with van der Waals surface area (Å²) in [7, 11) is -3.20. The number of rotatable bonds is 6. The molecule has 0 radical (unpaired) electrons. The molecule has 1 aliphatic rings. The maximum Gasteiger partial charge on any atom is 0.180 e. The molecule has 1 aromatic heterocycles. The minimum absolute atomic E-state index is 0.130. The fourth-order valence-corrected chi connectivity index (χ4v) is 4.23. The van der Waals surface area contributed by atoms with Gasteiger partial charge in [-0.15, -0.1) is 0 Å². The average molecular weight is 348 g/mol. The van der Waals surface area contributed by atoms with E-state index in [2.05, 4.69) is 10.2 Å². The van der Waals surface area contributed by atoms with Crippen LogP contribution in [0.15, 0.2) is 52.0 Å². The molecule has 0 bridgehead atoms. The highest BCUT2D eigenvalue weighted by molar-refractivity contribution is 7.91. The van der Waals surface area contributed by atoms with Crippen LogP contribution in [0.25, 0.3) is 0 Å². The van der Waals surface area contributed by atoms with Crippen LogP contribution in [-0.4, -0.2) is 33.3 Å². The van der Waals surface area contributed by atoms with Crippen LogP contribution in [0.1, 0.15) is 25.5 Å². The Morgan fingerprint density at radius 1 is 1.17 bits per heavy atom. The van der Waals surface area contributed by atoms with Gasteiger partial charge in [-0.25, -0.2) is 8.42 Å². The Bertz CT molecular complexity index is 748. The van der Waals surface area contributed by atoms with Crippen molar-refractivity contribution in [2.45, 2.75) is 37.2 Å². The Balaban J connectivity index is 1.63. The minimum Gasteiger partial charge on any atom is -0.468 e. The lowest BCUT2D eigenvalue weighted by Crippen LogP contribution is -2.42. The van der Waals surface area contributed by atoms with E-state index in [9.17, 15) is 8.42 Å². The number of nitrogens with zero attached hydrogens (tertiary/aromatic N) is 1. The second kappa shape index (κ2) is 7.40. The van der Waals surface area contributed by atoms with Crippen LogP contribution in [0.4, 0.5) is 5.69 Å². The van der Waals surface area contributed by atoms with Crippen molar-refractivity contribution in [2.24, 2.45) is 0 Å². The SMILES string of the molecule is CCS(=O)(=O)c1ccccc1N1CCC(NCc2ccco2)CC1. The van der Waals surface area contributed by atoms with Crippen molar-refractivity contribution >= 4 is 15.5 Å². The van der Waals surface area contributed by atoms with Crippen LogP contribution in [0.3, 0.4) is 0 Å². The zero-order chi connectivity index (χ0) is 17.0. The first-order valence-electron chi connectivity index (χ1n) is 8.42. The van der Waals surface area contributed by atoms with Gasteiger partial charge in [0.05, 0.1) is 29.1 Å². The van der Waals surface area contributed by atoms with Gasteiger partial charge in [0.25, 0.3) is 0 Å². The molecule has 2 heterocycles. The predicted octanol–water partition coefficient (Wildman–Crippen LogP) is 2.83. The highest BCUT2D eigenvalue weighted by Crippen LogP contribution is 2.28. The van der Waals surface area contributed by atoms with Crippen molar-refractivity contribution < 1.29 is 12.8 Å². The van der Waals surface area contributed by atoms with Crippen LogP contribution in [0.2, 0.25) is 0 Å². The van der Waals surface area contributed by atoms with Crippen LogP contribution < -0.4 is 10.2 Å². The second-order valence-corrected chi connectivity index (χ2v) is 8.34. The summed E-state index contributed by atoms with van der Waals surface area (Å²) in [5.41, 5.74) is 0.837. The standard InChI is InChI=1S/C18H24N2O3S/c1-2-24(21,22)18-8-4-3-7-17(18)20-11-9-15(10-12-20)19-14-16-6-5-13-23-16/h3-8,13,15,19H,2,9-12,14H2,1H3. The summed E-state index contributed by atoms with van der Waals surface area (Å²) in [5.74, 6) is 1.07. The van der Waals surface area contributed by atoms with Crippen LogP contribution in [0, 0.1) is 0 Å². The minimum atomic E-state index is -3.20. The molecule has 1 N–H and O–H groups in total. The van der Waals surface area contributed by atoms with Gasteiger partial charge in [-0.05, 0) is 37.1 Å². The summed E-state index contributed by atoms with van der Waals surface area (Å²) < 4.78 is 30.0. The van der Waals surface area contributed by atoms with Crippen LogP contribution >= 0.6 is 0 Å². The number of furan rings is 1. The highest BCUT2D eigenvalue weighted by atomic mass is 32.2. The zero-order valence-corrected chi connectivity index (χ0v) is 14.8. The molecule has 1 aromatic carbocycles. The second-order valence-electron chi connectivity index (χ2n) is 6.09. The number of piperidine rings is 1. The van der Waals surface area contributed by atoms with Gasteiger partial charge in [0.2, 0.25) is 0 Å². The fraction of sp³-hybridized carbons (Fsp3) is 0.444. The summed E-state index contributed by atoms with van der Waals surface area (Å²) >= 11 is 0. The molecular formula is C18H24N2O3S. The lowest BCUT2D eigenvalue weighted by atomic mass is 10.0. The molecule has 6 heteroatoms. The van der Waals surface area contributed by atoms with E-state index in [1.54, 1.807) is 25.3 Å². The van der Waals surface area contributed by atoms with E-state index in [4.69, 9.17) is 4.42 Å². The maximum absolute atomic E-state index is 12.3. The lowest BCUT2D eigenvalue weighted by Gasteiger charge is -2.35. The number of hydrogen-bond donors (Lipinski definition) is 1. The van der Waals surface area contributed by atoms with E-state index < -0.39 is 9.84 Å². The Labute approximate surface area is 143 Å². The van der Waals surface area contributed by atoms with E-state index in [-0.39, 0.29) is 5.75 Å². The summed E-state index contributed by atoms with van der Waals surface area (Å²) in [6, 6.07) is 11.6. The molecule has 0 amide bonds. The number of sulfone groups is 1. The molecule has 0 saturated carbocycles. The normalized spacial score (nSPS) is 16.5.